The molecule has 0 spiro atoms. The predicted molar refractivity (Wildman–Crippen MR) is 70.1 cm³/mol. The molecule has 1 N–H and O–H groups in total. The molecule has 2 aromatic rings. The van der Waals surface area contributed by atoms with Crippen LogP contribution < -0.4 is 5.32 Å². The first-order chi connectivity index (χ1) is 8.69. The summed E-state index contributed by atoms with van der Waals surface area (Å²) in [6, 6.07) is 9.15. The molecular weight excluding hydrogens is 252 g/mol. The van der Waals surface area contributed by atoms with Gasteiger partial charge in [0, 0.05) is 17.6 Å². The molecule has 0 aliphatic rings. The third-order valence-electron chi connectivity index (χ3n) is 2.46. The van der Waals surface area contributed by atoms with Crippen LogP contribution in [0.2, 0.25) is 0 Å². The van der Waals surface area contributed by atoms with Crippen molar-refractivity contribution in [1.82, 2.24) is 5.16 Å². The molecule has 0 saturated heterocycles. The molecule has 1 amide bonds. The summed E-state index contributed by atoms with van der Waals surface area (Å²) < 4.78 is 4.85. The molecule has 0 radical (unpaired) electrons. The zero-order valence-corrected chi connectivity index (χ0v) is 10.7. The highest BCUT2D eigenvalue weighted by atomic mass is 35.5. The number of carbonyl (C=O) groups is 1. The molecular formula is C13H13ClN2O2. The Morgan fingerprint density at radius 2 is 2.11 bits per heavy atom. The van der Waals surface area contributed by atoms with Gasteiger partial charge in [0.25, 0.3) is 5.91 Å². The summed E-state index contributed by atoms with van der Waals surface area (Å²) in [6.07, 6.45) is 0.818. The van der Waals surface area contributed by atoms with Crippen LogP contribution in [0.1, 0.15) is 21.8 Å². The van der Waals surface area contributed by atoms with E-state index < -0.39 is 0 Å². The predicted octanol–water partition coefficient (Wildman–Crippen LogP) is 3.02. The number of hydrogen-bond donors (Lipinski definition) is 1. The average Bonchev–Trinajstić information content (AvgIpc) is 2.79. The van der Waals surface area contributed by atoms with E-state index in [4.69, 9.17) is 16.1 Å². The number of nitrogens with one attached hydrogen (secondary N) is 1. The Labute approximate surface area is 110 Å². The molecule has 0 atom stereocenters. The molecule has 5 heteroatoms. The van der Waals surface area contributed by atoms with E-state index in [9.17, 15) is 4.79 Å². The Hall–Kier alpha value is -1.81. The number of nitrogens with zero attached hydrogens (tertiary/aromatic N) is 1. The number of aryl methyl sites for hydroxylation is 2. The molecule has 0 saturated carbocycles. The van der Waals surface area contributed by atoms with Gasteiger partial charge in [0.1, 0.15) is 5.76 Å². The maximum atomic E-state index is 11.8. The minimum Gasteiger partial charge on any atom is -0.361 e. The number of carbonyl (C=O) groups excluding carboxylic acids is 1. The number of alkyl halides is 1. The lowest BCUT2D eigenvalue weighted by molar-refractivity contribution is 0.101. The van der Waals surface area contributed by atoms with Gasteiger partial charge in [-0.1, -0.05) is 17.3 Å². The lowest BCUT2D eigenvalue weighted by atomic mass is 10.1. The number of rotatable bonds is 4. The molecule has 18 heavy (non-hydrogen) atoms. The highest BCUT2D eigenvalue weighted by Gasteiger charge is 2.10. The van der Waals surface area contributed by atoms with Crippen molar-refractivity contribution in [1.29, 1.82) is 0 Å². The van der Waals surface area contributed by atoms with Gasteiger partial charge in [-0.05, 0) is 31.0 Å². The van der Waals surface area contributed by atoms with E-state index in [2.05, 4.69) is 10.5 Å². The minimum atomic E-state index is -0.281. The minimum absolute atomic E-state index is 0.275. The van der Waals surface area contributed by atoms with Crippen molar-refractivity contribution in [3.8, 4) is 0 Å². The van der Waals surface area contributed by atoms with Crippen LogP contribution in [-0.2, 0) is 6.42 Å². The number of benzene rings is 1. The van der Waals surface area contributed by atoms with E-state index in [0.717, 1.165) is 17.7 Å². The van der Waals surface area contributed by atoms with Crippen molar-refractivity contribution in [2.45, 2.75) is 13.3 Å². The third kappa shape index (κ3) is 3.11. The number of halogens is 1. The van der Waals surface area contributed by atoms with Crippen LogP contribution in [0.5, 0.6) is 0 Å². The average molecular weight is 265 g/mol. The van der Waals surface area contributed by atoms with Crippen LogP contribution >= 0.6 is 11.6 Å². The molecule has 1 heterocycles. The van der Waals surface area contributed by atoms with Crippen molar-refractivity contribution in [3.63, 3.8) is 0 Å². The van der Waals surface area contributed by atoms with Crippen molar-refractivity contribution in [2.75, 3.05) is 11.2 Å². The van der Waals surface area contributed by atoms with Gasteiger partial charge < -0.3 is 9.84 Å². The zero-order chi connectivity index (χ0) is 13.0. The van der Waals surface area contributed by atoms with Crippen LogP contribution in [0.4, 0.5) is 5.69 Å². The van der Waals surface area contributed by atoms with Gasteiger partial charge in [-0.2, -0.15) is 0 Å². The lowest BCUT2D eigenvalue weighted by Crippen LogP contribution is -2.12. The molecule has 4 nitrogen and oxygen atoms in total. The zero-order valence-electron chi connectivity index (χ0n) is 9.94. The molecule has 1 aromatic heterocycles. The number of anilines is 1. The first kappa shape index (κ1) is 12.6. The maximum absolute atomic E-state index is 11.8. The lowest BCUT2D eigenvalue weighted by Gasteiger charge is -2.04. The van der Waals surface area contributed by atoms with E-state index >= 15 is 0 Å². The Morgan fingerprint density at radius 3 is 2.67 bits per heavy atom. The number of hydrogen-bond acceptors (Lipinski definition) is 3. The Balaban J connectivity index is 2.03. The summed E-state index contributed by atoms with van der Waals surface area (Å²) >= 11 is 5.65. The highest BCUT2D eigenvalue weighted by molar-refractivity contribution is 6.18. The molecule has 0 bridgehead atoms. The Bertz CT molecular complexity index is 534. The van der Waals surface area contributed by atoms with E-state index in [1.165, 1.54) is 0 Å². The fraction of sp³-hybridized carbons (Fsp3) is 0.231. The summed E-state index contributed by atoms with van der Waals surface area (Å²) in [4.78, 5) is 11.8. The first-order valence-corrected chi connectivity index (χ1v) is 6.12. The van der Waals surface area contributed by atoms with Crippen LogP contribution in [0, 0.1) is 6.92 Å². The number of aromatic nitrogens is 1. The summed E-state index contributed by atoms with van der Waals surface area (Å²) in [7, 11) is 0. The van der Waals surface area contributed by atoms with Crippen LogP contribution in [0.15, 0.2) is 34.9 Å². The van der Waals surface area contributed by atoms with Gasteiger partial charge in [0.05, 0.1) is 0 Å². The van der Waals surface area contributed by atoms with Gasteiger partial charge in [0.15, 0.2) is 5.69 Å². The van der Waals surface area contributed by atoms with Gasteiger partial charge in [-0.3, -0.25) is 4.79 Å². The monoisotopic (exact) mass is 264 g/mol. The Kier molecular flexibility index (Phi) is 3.99. The smallest absolute Gasteiger partial charge is 0.277 e. The van der Waals surface area contributed by atoms with Crippen LogP contribution in [0.3, 0.4) is 0 Å². The van der Waals surface area contributed by atoms with Crippen LogP contribution in [-0.4, -0.2) is 16.9 Å². The molecule has 0 aliphatic heterocycles. The summed E-state index contributed by atoms with van der Waals surface area (Å²) in [5, 5.41) is 6.40. The highest BCUT2D eigenvalue weighted by Crippen LogP contribution is 2.12. The molecule has 0 aliphatic carbocycles. The fourth-order valence-corrected chi connectivity index (χ4v) is 1.75. The van der Waals surface area contributed by atoms with Gasteiger partial charge in [-0.15, -0.1) is 11.6 Å². The SMILES string of the molecule is Cc1cc(C(=O)Nc2ccc(CCCl)cc2)no1. The molecule has 0 unspecified atom stereocenters. The summed E-state index contributed by atoms with van der Waals surface area (Å²) in [5.74, 6) is 0.916. The van der Waals surface area contributed by atoms with E-state index in [0.29, 0.717) is 11.6 Å². The van der Waals surface area contributed by atoms with E-state index in [-0.39, 0.29) is 11.6 Å². The third-order valence-corrected chi connectivity index (χ3v) is 2.64. The summed E-state index contributed by atoms with van der Waals surface area (Å²) in [6.45, 7) is 1.74. The molecule has 94 valence electrons. The second kappa shape index (κ2) is 5.69. The normalized spacial score (nSPS) is 10.3. The second-order valence-electron chi connectivity index (χ2n) is 3.91. The summed E-state index contributed by atoms with van der Waals surface area (Å²) in [5.41, 5.74) is 2.14. The van der Waals surface area contributed by atoms with Crippen molar-refractivity contribution in [2.24, 2.45) is 0 Å². The van der Waals surface area contributed by atoms with Gasteiger partial charge >= 0.3 is 0 Å². The Morgan fingerprint density at radius 1 is 1.39 bits per heavy atom. The second-order valence-corrected chi connectivity index (χ2v) is 4.29. The largest absolute Gasteiger partial charge is 0.361 e. The first-order valence-electron chi connectivity index (χ1n) is 5.58. The fourth-order valence-electron chi connectivity index (χ4n) is 1.53. The van der Waals surface area contributed by atoms with Gasteiger partial charge in [0.2, 0.25) is 0 Å². The maximum Gasteiger partial charge on any atom is 0.277 e. The topological polar surface area (TPSA) is 55.1 Å². The molecule has 2 rings (SSSR count). The van der Waals surface area contributed by atoms with Crippen molar-refractivity contribution >= 4 is 23.2 Å². The quantitative estimate of drug-likeness (QED) is 0.864. The van der Waals surface area contributed by atoms with Crippen molar-refractivity contribution < 1.29 is 9.32 Å². The van der Waals surface area contributed by atoms with Gasteiger partial charge in [-0.25, -0.2) is 0 Å². The standard InChI is InChI=1S/C13H13ClN2O2/c1-9-8-12(16-18-9)13(17)15-11-4-2-10(3-5-11)6-7-14/h2-5,8H,6-7H2,1H3,(H,15,17). The van der Waals surface area contributed by atoms with Crippen LogP contribution in [0.25, 0.3) is 0 Å². The van der Waals surface area contributed by atoms with Crippen molar-refractivity contribution in [3.05, 3.63) is 47.3 Å². The number of amides is 1. The molecule has 0 fully saturated rings. The van der Waals surface area contributed by atoms with E-state index in [1.807, 2.05) is 24.3 Å². The van der Waals surface area contributed by atoms with E-state index in [1.54, 1.807) is 13.0 Å². The molecule has 1 aromatic carbocycles.